The molecule has 0 aliphatic carbocycles. The maximum absolute atomic E-state index is 12.1. The van der Waals surface area contributed by atoms with Gasteiger partial charge in [-0.3, -0.25) is 9.59 Å². The van der Waals surface area contributed by atoms with Crippen molar-refractivity contribution in [1.29, 1.82) is 0 Å². The molecule has 0 unspecified atom stereocenters. The molecule has 0 saturated carbocycles. The highest BCUT2D eigenvalue weighted by atomic mass is 32.1. The molecule has 1 aromatic rings. The summed E-state index contributed by atoms with van der Waals surface area (Å²) in [6.07, 6.45) is 1.69. The van der Waals surface area contributed by atoms with Crippen LogP contribution in [0.15, 0.2) is 17.5 Å². The summed E-state index contributed by atoms with van der Waals surface area (Å²) in [5, 5.41) is 1.90. The van der Waals surface area contributed by atoms with Crippen molar-refractivity contribution in [3.8, 4) is 0 Å². The topological polar surface area (TPSA) is 46.6 Å². The summed E-state index contributed by atoms with van der Waals surface area (Å²) in [5.74, 6) is 0.266. The van der Waals surface area contributed by atoms with Crippen molar-refractivity contribution >= 4 is 23.0 Å². The van der Waals surface area contributed by atoms with Crippen LogP contribution in [0.2, 0.25) is 0 Å². The molecular formula is C15H21NO3S. The lowest BCUT2D eigenvalue weighted by Crippen LogP contribution is -2.48. The number of amides is 1. The Morgan fingerprint density at radius 2 is 2.00 bits per heavy atom. The zero-order valence-corrected chi connectivity index (χ0v) is 12.8. The Labute approximate surface area is 123 Å². The summed E-state index contributed by atoms with van der Waals surface area (Å²) in [6.45, 7) is 5.27. The molecule has 1 aromatic heterocycles. The molecule has 2 atom stereocenters. The van der Waals surface area contributed by atoms with E-state index >= 15 is 0 Å². The van der Waals surface area contributed by atoms with E-state index in [1.54, 1.807) is 0 Å². The van der Waals surface area contributed by atoms with Gasteiger partial charge in [-0.05, 0) is 31.7 Å². The van der Waals surface area contributed by atoms with Crippen molar-refractivity contribution in [3.63, 3.8) is 0 Å². The first kappa shape index (κ1) is 15.2. The van der Waals surface area contributed by atoms with Gasteiger partial charge in [0.05, 0.1) is 17.1 Å². The Morgan fingerprint density at radius 1 is 1.30 bits per heavy atom. The summed E-state index contributed by atoms with van der Waals surface area (Å²) in [4.78, 5) is 26.6. The highest BCUT2D eigenvalue weighted by molar-refractivity contribution is 7.12. The Hall–Kier alpha value is -1.20. The minimum Gasteiger partial charge on any atom is -0.372 e. The number of hydrogen-bond donors (Lipinski definition) is 0. The molecule has 1 aliphatic rings. The van der Waals surface area contributed by atoms with Crippen LogP contribution < -0.4 is 0 Å². The number of thiophene rings is 1. The molecule has 1 amide bonds. The molecular weight excluding hydrogens is 274 g/mol. The molecule has 2 rings (SSSR count). The average Bonchev–Trinajstić information content (AvgIpc) is 2.91. The molecule has 1 saturated heterocycles. The molecule has 1 fully saturated rings. The van der Waals surface area contributed by atoms with E-state index < -0.39 is 0 Å². The first-order valence-corrected chi connectivity index (χ1v) is 7.94. The fourth-order valence-corrected chi connectivity index (χ4v) is 3.19. The van der Waals surface area contributed by atoms with Crippen LogP contribution in [0.5, 0.6) is 0 Å². The van der Waals surface area contributed by atoms with E-state index in [2.05, 4.69) is 0 Å². The third-order valence-corrected chi connectivity index (χ3v) is 4.27. The van der Waals surface area contributed by atoms with Gasteiger partial charge in [0.1, 0.15) is 0 Å². The summed E-state index contributed by atoms with van der Waals surface area (Å²) in [6, 6.07) is 3.71. The predicted molar refractivity (Wildman–Crippen MR) is 79.1 cm³/mol. The number of carbonyl (C=O) groups is 2. The minimum atomic E-state index is 0.0930. The number of Topliss-reactive ketones (excluding diaryl/α,β-unsaturated/α-hetero) is 1. The number of hydrogen-bond acceptors (Lipinski definition) is 4. The van der Waals surface area contributed by atoms with Crippen LogP contribution in [0, 0.1) is 0 Å². The van der Waals surface area contributed by atoms with Crippen LogP contribution in [0.3, 0.4) is 0 Å². The molecule has 1 aliphatic heterocycles. The number of ketones is 1. The summed E-state index contributed by atoms with van der Waals surface area (Å²) in [5.41, 5.74) is 0. The molecule has 110 valence electrons. The summed E-state index contributed by atoms with van der Waals surface area (Å²) < 4.78 is 5.61. The van der Waals surface area contributed by atoms with E-state index in [1.807, 2.05) is 36.3 Å². The van der Waals surface area contributed by atoms with E-state index in [1.165, 1.54) is 11.3 Å². The lowest BCUT2D eigenvalue weighted by molar-refractivity contribution is -0.143. The lowest BCUT2D eigenvalue weighted by atomic mass is 10.1. The van der Waals surface area contributed by atoms with Crippen LogP contribution in [0.1, 0.15) is 42.8 Å². The first-order chi connectivity index (χ1) is 9.56. The standard InChI is InChI=1S/C15H21NO3S/c1-11-9-16(10-12(2)19-11)15(18)7-3-5-13(17)14-6-4-8-20-14/h4,6,8,11-12H,3,5,7,9-10H2,1-2H3/t11-,12+. The molecule has 20 heavy (non-hydrogen) atoms. The highest BCUT2D eigenvalue weighted by Crippen LogP contribution is 2.15. The summed E-state index contributed by atoms with van der Waals surface area (Å²) >= 11 is 1.46. The number of ether oxygens (including phenoxy) is 1. The number of nitrogens with zero attached hydrogens (tertiary/aromatic N) is 1. The van der Waals surface area contributed by atoms with Crippen molar-refractivity contribution in [2.75, 3.05) is 13.1 Å². The van der Waals surface area contributed by atoms with E-state index in [-0.39, 0.29) is 23.9 Å². The second-order valence-corrected chi connectivity index (χ2v) is 6.26. The Kier molecular flexibility index (Phi) is 5.31. The van der Waals surface area contributed by atoms with Crippen LogP contribution >= 0.6 is 11.3 Å². The SMILES string of the molecule is C[C@@H]1CN(C(=O)CCCC(=O)c2cccs2)C[C@H](C)O1. The second-order valence-electron chi connectivity index (χ2n) is 5.31. The maximum atomic E-state index is 12.1. The summed E-state index contributed by atoms with van der Waals surface area (Å²) in [7, 11) is 0. The lowest BCUT2D eigenvalue weighted by Gasteiger charge is -2.35. The van der Waals surface area contributed by atoms with E-state index in [0.717, 1.165) is 4.88 Å². The average molecular weight is 295 g/mol. The number of carbonyl (C=O) groups excluding carboxylic acids is 2. The van der Waals surface area contributed by atoms with Crippen molar-refractivity contribution < 1.29 is 14.3 Å². The smallest absolute Gasteiger partial charge is 0.222 e. The fraction of sp³-hybridized carbons (Fsp3) is 0.600. The van der Waals surface area contributed by atoms with Crippen molar-refractivity contribution in [2.24, 2.45) is 0 Å². The maximum Gasteiger partial charge on any atom is 0.222 e. The largest absolute Gasteiger partial charge is 0.372 e. The Balaban J connectivity index is 1.73. The monoisotopic (exact) mass is 295 g/mol. The third kappa shape index (κ3) is 4.15. The van der Waals surface area contributed by atoms with Gasteiger partial charge in [-0.15, -0.1) is 11.3 Å². The van der Waals surface area contributed by atoms with E-state index in [4.69, 9.17) is 4.74 Å². The first-order valence-electron chi connectivity index (χ1n) is 7.06. The van der Waals surface area contributed by atoms with Gasteiger partial charge in [0.25, 0.3) is 0 Å². The van der Waals surface area contributed by atoms with Crippen LogP contribution in [0.25, 0.3) is 0 Å². The van der Waals surface area contributed by atoms with E-state index in [9.17, 15) is 9.59 Å². The minimum absolute atomic E-state index is 0.0930. The van der Waals surface area contributed by atoms with Crippen LogP contribution in [-0.2, 0) is 9.53 Å². The Morgan fingerprint density at radius 3 is 2.60 bits per heavy atom. The zero-order chi connectivity index (χ0) is 14.5. The van der Waals surface area contributed by atoms with Gasteiger partial charge in [0.15, 0.2) is 5.78 Å². The van der Waals surface area contributed by atoms with Gasteiger partial charge in [-0.25, -0.2) is 0 Å². The highest BCUT2D eigenvalue weighted by Gasteiger charge is 2.25. The molecule has 0 aromatic carbocycles. The molecule has 0 spiro atoms. The molecule has 2 heterocycles. The normalized spacial score (nSPS) is 22.8. The van der Waals surface area contributed by atoms with Crippen molar-refractivity contribution in [3.05, 3.63) is 22.4 Å². The van der Waals surface area contributed by atoms with Crippen LogP contribution in [-0.4, -0.2) is 41.9 Å². The third-order valence-electron chi connectivity index (χ3n) is 3.36. The molecule has 0 radical (unpaired) electrons. The Bertz CT molecular complexity index is 448. The van der Waals surface area contributed by atoms with Gasteiger partial charge in [-0.1, -0.05) is 6.07 Å². The van der Waals surface area contributed by atoms with Gasteiger partial charge < -0.3 is 9.64 Å². The molecule has 0 N–H and O–H groups in total. The molecule has 5 heteroatoms. The quantitative estimate of drug-likeness (QED) is 0.785. The second kappa shape index (κ2) is 6.99. The zero-order valence-electron chi connectivity index (χ0n) is 12.0. The van der Waals surface area contributed by atoms with Crippen LogP contribution in [0.4, 0.5) is 0 Å². The van der Waals surface area contributed by atoms with E-state index in [0.29, 0.717) is 32.4 Å². The number of rotatable bonds is 5. The van der Waals surface area contributed by atoms with Gasteiger partial charge in [0.2, 0.25) is 5.91 Å². The predicted octanol–water partition coefficient (Wildman–Crippen LogP) is 2.74. The van der Waals surface area contributed by atoms with Crippen molar-refractivity contribution in [2.45, 2.75) is 45.3 Å². The van der Waals surface area contributed by atoms with Gasteiger partial charge >= 0.3 is 0 Å². The van der Waals surface area contributed by atoms with Gasteiger partial charge in [0, 0.05) is 25.9 Å². The number of morpholine rings is 1. The van der Waals surface area contributed by atoms with Crippen molar-refractivity contribution in [1.82, 2.24) is 4.90 Å². The fourth-order valence-electron chi connectivity index (χ4n) is 2.50. The molecule has 0 bridgehead atoms. The molecule has 4 nitrogen and oxygen atoms in total. The van der Waals surface area contributed by atoms with Gasteiger partial charge in [-0.2, -0.15) is 0 Å².